The highest BCUT2D eigenvalue weighted by atomic mass is 35.5. The highest BCUT2D eigenvalue weighted by molar-refractivity contribution is 7.77. The zero-order valence-electron chi connectivity index (χ0n) is 13.4. The molecule has 0 amide bonds. The lowest BCUT2D eigenvalue weighted by Gasteiger charge is -2.26. The number of benzene rings is 2. The summed E-state index contributed by atoms with van der Waals surface area (Å²) in [6.07, 6.45) is 0. The Hall–Kier alpha value is -1.53. The fourth-order valence-electron chi connectivity index (χ4n) is 2.05. The Morgan fingerprint density at radius 1 is 1.04 bits per heavy atom. The Kier molecular flexibility index (Phi) is 5.93. The van der Waals surface area contributed by atoms with Crippen LogP contribution in [0, 0.1) is 5.82 Å². The van der Waals surface area contributed by atoms with Gasteiger partial charge in [-0.15, -0.1) is 0 Å². The molecule has 0 atom stereocenters. The van der Waals surface area contributed by atoms with Crippen LogP contribution in [0.1, 0.15) is 5.56 Å². The molecular weight excluding hydrogens is 368 g/mol. The van der Waals surface area contributed by atoms with Crippen LogP contribution in [-0.4, -0.2) is 36.6 Å². The van der Waals surface area contributed by atoms with E-state index in [1.165, 1.54) is 6.07 Å². The molecular formula is C17H16Cl2FN3S. The molecule has 0 aliphatic carbocycles. The molecule has 0 aliphatic heterocycles. The fourth-order valence-corrected chi connectivity index (χ4v) is 2.76. The van der Waals surface area contributed by atoms with Gasteiger partial charge < -0.3 is 12.6 Å². The van der Waals surface area contributed by atoms with Crippen molar-refractivity contribution in [2.24, 2.45) is 9.98 Å². The minimum absolute atomic E-state index is 0.0271. The molecule has 0 bridgehead atoms. The number of para-hydroxylation sites is 1. The van der Waals surface area contributed by atoms with Crippen LogP contribution in [0.4, 0.5) is 10.1 Å². The van der Waals surface area contributed by atoms with Crippen molar-refractivity contribution in [3.63, 3.8) is 0 Å². The van der Waals surface area contributed by atoms with Crippen molar-refractivity contribution in [3.8, 4) is 0 Å². The van der Waals surface area contributed by atoms with Gasteiger partial charge in [0.15, 0.2) is 0 Å². The Balaban J connectivity index is 2.52. The zero-order chi connectivity index (χ0) is 17.9. The Morgan fingerprint density at radius 3 is 2.17 bits per heavy atom. The Labute approximate surface area is 156 Å². The largest absolute Gasteiger partial charge is 0.740 e. The second-order valence-electron chi connectivity index (χ2n) is 5.95. The maximum atomic E-state index is 13.7. The van der Waals surface area contributed by atoms with Crippen molar-refractivity contribution in [1.82, 2.24) is 0 Å². The number of halogens is 3. The van der Waals surface area contributed by atoms with Crippen molar-refractivity contribution in [3.05, 3.63) is 63.9 Å². The van der Waals surface area contributed by atoms with Crippen molar-refractivity contribution in [1.29, 1.82) is 0 Å². The van der Waals surface area contributed by atoms with E-state index in [2.05, 4.69) is 9.98 Å². The van der Waals surface area contributed by atoms with Crippen molar-refractivity contribution >= 4 is 52.5 Å². The molecule has 0 N–H and O–H groups in total. The minimum atomic E-state index is -0.451. The lowest BCUT2D eigenvalue weighted by atomic mass is 10.2. The van der Waals surface area contributed by atoms with E-state index in [1.54, 1.807) is 36.4 Å². The van der Waals surface area contributed by atoms with Gasteiger partial charge in [-0.05, 0) is 30.3 Å². The van der Waals surface area contributed by atoms with E-state index in [1.807, 2.05) is 21.1 Å². The summed E-state index contributed by atoms with van der Waals surface area (Å²) in [4.78, 5) is 8.48. The number of rotatable bonds is 2. The predicted octanol–water partition coefficient (Wildman–Crippen LogP) is 4.82. The van der Waals surface area contributed by atoms with E-state index in [0.717, 1.165) is 5.56 Å². The van der Waals surface area contributed by atoms with Gasteiger partial charge in [0.05, 0.1) is 32.4 Å². The second-order valence-corrected chi connectivity index (χ2v) is 7.19. The lowest BCUT2D eigenvalue weighted by Crippen LogP contribution is -2.42. The first kappa shape index (κ1) is 18.8. The van der Waals surface area contributed by atoms with E-state index >= 15 is 0 Å². The lowest BCUT2D eigenvalue weighted by molar-refractivity contribution is -0.775. The molecule has 0 radical (unpaired) electrons. The van der Waals surface area contributed by atoms with Crippen LogP contribution in [0.15, 0.2) is 52.4 Å². The Bertz CT molecular complexity index is 793. The molecule has 2 aromatic rings. The van der Waals surface area contributed by atoms with Gasteiger partial charge in [-0.3, -0.25) is 9.48 Å². The third kappa shape index (κ3) is 4.98. The summed E-state index contributed by atoms with van der Waals surface area (Å²) in [5.74, 6) is 0.164. The first-order chi connectivity index (χ1) is 11.2. The molecule has 0 saturated carbocycles. The van der Waals surface area contributed by atoms with Crippen LogP contribution in [0.3, 0.4) is 0 Å². The summed E-state index contributed by atoms with van der Waals surface area (Å²) in [6, 6.07) is 11.3. The number of quaternary nitrogens is 1. The molecule has 7 heteroatoms. The first-order valence-corrected chi connectivity index (χ1v) is 8.20. The molecule has 0 spiro atoms. The van der Waals surface area contributed by atoms with E-state index in [0.29, 0.717) is 20.4 Å². The third-order valence-corrected chi connectivity index (χ3v) is 3.65. The van der Waals surface area contributed by atoms with Crippen LogP contribution in [-0.2, 0) is 12.6 Å². The molecule has 0 saturated heterocycles. The zero-order valence-corrected chi connectivity index (χ0v) is 15.8. The number of amidine groups is 2. The molecule has 2 aromatic carbocycles. The van der Waals surface area contributed by atoms with Crippen LogP contribution in [0.2, 0.25) is 10.0 Å². The number of hydrogen-bond donors (Lipinski definition) is 0. The highest BCUT2D eigenvalue weighted by Crippen LogP contribution is 2.22. The van der Waals surface area contributed by atoms with E-state index in [9.17, 15) is 4.39 Å². The topological polar surface area (TPSA) is 24.7 Å². The molecule has 24 heavy (non-hydrogen) atoms. The van der Waals surface area contributed by atoms with Gasteiger partial charge in [-0.25, -0.2) is 9.38 Å². The average Bonchev–Trinajstić information content (AvgIpc) is 2.45. The van der Waals surface area contributed by atoms with Crippen LogP contribution in [0.25, 0.3) is 0 Å². The van der Waals surface area contributed by atoms with E-state index in [4.69, 9.17) is 35.8 Å². The number of aliphatic imine (C=N–C) groups is 2. The summed E-state index contributed by atoms with van der Waals surface area (Å²) >= 11 is 17.4. The predicted molar refractivity (Wildman–Crippen MR) is 102 cm³/mol. The maximum Gasteiger partial charge on any atom is 0.234 e. The van der Waals surface area contributed by atoms with Crippen molar-refractivity contribution in [2.45, 2.75) is 0 Å². The molecule has 126 valence electrons. The molecule has 2 rings (SSSR count). The minimum Gasteiger partial charge on any atom is -0.740 e. The molecule has 0 unspecified atom stereocenters. The van der Waals surface area contributed by atoms with Gasteiger partial charge in [0.1, 0.15) is 5.82 Å². The number of hydrogen-bond acceptors (Lipinski definition) is 2. The van der Waals surface area contributed by atoms with Crippen LogP contribution >= 0.6 is 23.2 Å². The van der Waals surface area contributed by atoms with Gasteiger partial charge >= 0.3 is 0 Å². The quantitative estimate of drug-likeness (QED) is 0.315. The summed E-state index contributed by atoms with van der Waals surface area (Å²) in [5.41, 5.74) is 0.877. The normalized spacial score (nSPS) is 13.2. The summed E-state index contributed by atoms with van der Waals surface area (Å²) < 4.78 is 14.1. The van der Waals surface area contributed by atoms with Gasteiger partial charge in [0.2, 0.25) is 5.84 Å². The fraction of sp³-hybridized carbons (Fsp3) is 0.176. The monoisotopic (exact) mass is 383 g/mol. The standard InChI is InChI=1S/C17H16Cl2FN3S/c1-23(2,3)16(11-8-12(18)10-13(19)9-11)22-17(24)21-15-7-5-4-6-14(15)20/h4-10H,1-3H3/b22-16-. The Morgan fingerprint density at radius 2 is 1.62 bits per heavy atom. The SMILES string of the molecule is C[N+](C)(C)/C(=N\C([S-])=Nc1ccccc1F)c1cc(Cl)cc(Cl)c1. The van der Waals surface area contributed by atoms with Crippen molar-refractivity contribution in [2.75, 3.05) is 21.1 Å². The molecule has 0 fully saturated rings. The summed E-state index contributed by atoms with van der Waals surface area (Å²) in [5, 5.41) is 1.02. The summed E-state index contributed by atoms with van der Waals surface area (Å²) in [7, 11) is 5.79. The summed E-state index contributed by atoms with van der Waals surface area (Å²) in [6.45, 7) is 0. The molecule has 0 aromatic heterocycles. The smallest absolute Gasteiger partial charge is 0.234 e. The van der Waals surface area contributed by atoms with Crippen LogP contribution in [0.5, 0.6) is 0 Å². The average molecular weight is 384 g/mol. The second kappa shape index (κ2) is 7.57. The van der Waals surface area contributed by atoms with Crippen molar-refractivity contribution < 1.29 is 8.87 Å². The first-order valence-electron chi connectivity index (χ1n) is 7.04. The van der Waals surface area contributed by atoms with Gasteiger partial charge in [-0.2, -0.15) is 0 Å². The van der Waals surface area contributed by atoms with Crippen LogP contribution < -0.4 is 0 Å². The highest BCUT2D eigenvalue weighted by Gasteiger charge is 2.21. The van der Waals surface area contributed by atoms with E-state index in [-0.39, 0.29) is 10.9 Å². The van der Waals surface area contributed by atoms with Gasteiger partial charge in [-0.1, -0.05) is 35.3 Å². The van der Waals surface area contributed by atoms with Gasteiger partial charge in [0.25, 0.3) is 0 Å². The number of nitrogens with zero attached hydrogens (tertiary/aromatic N) is 3. The molecule has 3 nitrogen and oxygen atoms in total. The van der Waals surface area contributed by atoms with Gasteiger partial charge in [0, 0.05) is 15.2 Å². The molecule has 0 aliphatic rings. The third-order valence-electron chi connectivity index (χ3n) is 3.03. The van der Waals surface area contributed by atoms with E-state index < -0.39 is 5.82 Å². The molecule has 0 heterocycles. The maximum absolute atomic E-state index is 13.7.